The van der Waals surface area contributed by atoms with Crippen molar-refractivity contribution in [2.75, 3.05) is 23.7 Å². The minimum atomic E-state index is 0.839. The van der Waals surface area contributed by atoms with Gasteiger partial charge in [-0.15, -0.1) is 0 Å². The van der Waals surface area contributed by atoms with Crippen molar-refractivity contribution in [2.45, 2.75) is 52.9 Å². The van der Waals surface area contributed by atoms with E-state index in [2.05, 4.69) is 41.4 Å². The van der Waals surface area contributed by atoms with Crippen LogP contribution in [0.25, 0.3) is 0 Å². The number of rotatable bonds is 7. The molecule has 0 spiro atoms. The molecule has 0 atom stereocenters. The van der Waals surface area contributed by atoms with Gasteiger partial charge < -0.3 is 10.6 Å². The third kappa shape index (κ3) is 3.58. The molecule has 1 aliphatic carbocycles. The molecule has 4 heteroatoms. The van der Waals surface area contributed by atoms with Crippen LogP contribution in [-0.4, -0.2) is 23.1 Å². The summed E-state index contributed by atoms with van der Waals surface area (Å²) in [5, 5.41) is 6.92. The van der Waals surface area contributed by atoms with Crippen molar-refractivity contribution in [2.24, 2.45) is 5.92 Å². The standard InChI is InChI=1S/C15H26N4/c1-4-9-16-14-11(3)15(19-13(5-2)18-14)17-10-12-7-6-8-12/h12H,4-10H2,1-3H3,(H2,16,17,18,19). The zero-order chi connectivity index (χ0) is 13.7. The Kier molecular flexibility index (Phi) is 5.00. The van der Waals surface area contributed by atoms with Crippen LogP contribution in [0.4, 0.5) is 11.6 Å². The Morgan fingerprint density at radius 1 is 1.11 bits per heavy atom. The maximum Gasteiger partial charge on any atom is 0.134 e. The molecule has 0 bridgehead atoms. The lowest BCUT2D eigenvalue weighted by Crippen LogP contribution is -2.22. The van der Waals surface area contributed by atoms with Gasteiger partial charge >= 0.3 is 0 Å². The van der Waals surface area contributed by atoms with Crippen molar-refractivity contribution < 1.29 is 0 Å². The molecule has 19 heavy (non-hydrogen) atoms. The Morgan fingerprint density at radius 3 is 2.32 bits per heavy atom. The van der Waals surface area contributed by atoms with E-state index < -0.39 is 0 Å². The van der Waals surface area contributed by atoms with Gasteiger partial charge in [-0.05, 0) is 32.1 Å². The van der Waals surface area contributed by atoms with E-state index in [0.717, 1.165) is 54.9 Å². The predicted molar refractivity (Wildman–Crippen MR) is 80.8 cm³/mol. The fourth-order valence-corrected chi connectivity index (χ4v) is 2.25. The summed E-state index contributed by atoms with van der Waals surface area (Å²) in [5.74, 6) is 3.76. The summed E-state index contributed by atoms with van der Waals surface area (Å²) in [4.78, 5) is 9.22. The minimum absolute atomic E-state index is 0.839. The number of anilines is 2. The average molecular weight is 262 g/mol. The molecule has 0 aromatic carbocycles. The first-order valence-electron chi connectivity index (χ1n) is 7.59. The molecule has 1 aromatic rings. The van der Waals surface area contributed by atoms with Crippen molar-refractivity contribution in [3.8, 4) is 0 Å². The molecule has 106 valence electrons. The van der Waals surface area contributed by atoms with Gasteiger partial charge in [0.2, 0.25) is 0 Å². The first-order valence-corrected chi connectivity index (χ1v) is 7.59. The Hall–Kier alpha value is -1.32. The normalized spacial score (nSPS) is 15.1. The Balaban J connectivity index is 2.09. The first kappa shape index (κ1) is 14.1. The number of hydrogen-bond acceptors (Lipinski definition) is 4. The van der Waals surface area contributed by atoms with Crippen molar-refractivity contribution in [1.82, 2.24) is 9.97 Å². The monoisotopic (exact) mass is 262 g/mol. The van der Waals surface area contributed by atoms with E-state index in [1.165, 1.54) is 19.3 Å². The highest BCUT2D eigenvalue weighted by molar-refractivity contribution is 5.57. The topological polar surface area (TPSA) is 49.8 Å². The third-order valence-corrected chi connectivity index (χ3v) is 3.83. The number of nitrogens with zero attached hydrogens (tertiary/aromatic N) is 2. The summed E-state index contributed by atoms with van der Waals surface area (Å²) in [6.45, 7) is 8.38. The average Bonchev–Trinajstić information content (AvgIpc) is 2.37. The number of nitrogens with one attached hydrogen (secondary N) is 2. The fraction of sp³-hybridized carbons (Fsp3) is 0.733. The van der Waals surface area contributed by atoms with Crippen molar-refractivity contribution in [1.29, 1.82) is 0 Å². The van der Waals surface area contributed by atoms with Crippen molar-refractivity contribution in [3.63, 3.8) is 0 Å². The Morgan fingerprint density at radius 2 is 1.79 bits per heavy atom. The molecule has 1 fully saturated rings. The lowest BCUT2D eigenvalue weighted by molar-refractivity contribution is 0.333. The smallest absolute Gasteiger partial charge is 0.134 e. The van der Waals surface area contributed by atoms with Gasteiger partial charge in [0.15, 0.2) is 0 Å². The summed E-state index contributed by atoms with van der Waals surface area (Å²) >= 11 is 0. The van der Waals surface area contributed by atoms with Crippen LogP contribution in [0.15, 0.2) is 0 Å². The van der Waals surface area contributed by atoms with E-state index in [-0.39, 0.29) is 0 Å². The summed E-state index contributed by atoms with van der Waals surface area (Å²) in [6, 6.07) is 0. The van der Waals surface area contributed by atoms with Crippen LogP contribution in [0.1, 0.15) is 50.9 Å². The fourth-order valence-electron chi connectivity index (χ4n) is 2.25. The van der Waals surface area contributed by atoms with Crippen LogP contribution in [0.2, 0.25) is 0 Å². The highest BCUT2D eigenvalue weighted by atomic mass is 15.1. The summed E-state index contributed by atoms with van der Waals surface area (Å²) in [6.07, 6.45) is 6.09. The maximum absolute atomic E-state index is 4.63. The lowest BCUT2D eigenvalue weighted by atomic mass is 9.85. The van der Waals surface area contributed by atoms with E-state index in [1.54, 1.807) is 0 Å². The molecule has 0 radical (unpaired) electrons. The van der Waals surface area contributed by atoms with E-state index in [9.17, 15) is 0 Å². The molecule has 2 rings (SSSR count). The van der Waals surface area contributed by atoms with Crippen molar-refractivity contribution >= 4 is 11.6 Å². The van der Waals surface area contributed by atoms with E-state index in [4.69, 9.17) is 0 Å². The van der Waals surface area contributed by atoms with Crippen molar-refractivity contribution in [3.05, 3.63) is 11.4 Å². The zero-order valence-electron chi connectivity index (χ0n) is 12.4. The van der Waals surface area contributed by atoms with Crippen LogP contribution in [0.5, 0.6) is 0 Å². The number of hydrogen-bond donors (Lipinski definition) is 2. The summed E-state index contributed by atoms with van der Waals surface area (Å²) in [7, 11) is 0. The second-order valence-corrected chi connectivity index (χ2v) is 5.42. The van der Waals surface area contributed by atoms with Gasteiger partial charge in [-0.2, -0.15) is 0 Å². The SMILES string of the molecule is CCCNc1nc(CC)nc(NCC2CCC2)c1C. The highest BCUT2D eigenvalue weighted by Gasteiger charge is 2.18. The molecule has 1 aromatic heterocycles. The molecule has 1 saturated carbocycles. The van der Waals surface area contributed by atoms with Crippen LogP contribution >= 0.6 is 0 Å². The number of aromatic nitrogens is 2. The maximum atomic E-state index is 4.63. The van der Waals surface area contributed by atoms with E-state index in [1.807, 2.05) is 0 Å². The van der Waals surface area contributed by atoms with E-state index in [0.29, 0.717) is 0 Å². The summed E-state index contributed by atoms with van der Waals surface area (Å²) in [5.41, 5.74) is 1.14. The van der Waals surface area contributed by atoms with Crippen LogP contribution < -0.4 is 10.6 Å². The van der Waals surface area contributed by atoms with Gasteiger partial charge in [-0.3, -0.25) is 0 Å². The first-order chi connectivity index (χ1) is 9.24. The van der Waals surface area contributed by atoms with Gasteiger partial charge in [0.05, 0.1) is 0 Å². The van der Waals surface area contributed by atoms with Gasteiger partial charge in [0, 0.05) is 25.1 Å². The molecule has 0 unspecified atom stereocenters. The molecular formula is C15H26N4. The Bertz CT molecular complexity index is 413. The zero-order valence-corrected chi connectivity index (χ0v) is 12.4. The minimum Gasteiger partial charge on any atom is -0.370 e. The molecule has 0 aliphatic heterocycles. The van der Waals surface area contributed by atoms with E-state index >= 15 is 0 Å². The van der Waals surface area contributed by atoms with Gasteiger partial charge in [0.25, 0.3) is 0 Å². The van der Waals surface area contributed by atoms with Crippen LogP contribution in [0, 0.1) is 12.8 Å². The lowest BCUT2D eigenvalue weighted by Gasteiger charge is -2.26. The molecule has 0 amide bonds. The quantitative estimate of drug-likeness (QED) is 0.791. The van der Waals surface area contributed by atoms with Gasteiger partial charge in [0.1, 0.15) is 17.5 Å². The molecule has 4 nitrogen and oxygen atoms in total. The molecule has 0 saturated heterocycles. The molecular weight excluding hydrogens is 236 g/mol. The van der Waals surface area contributed by atoms with Crippen LogP contribution in [-0.2, 0) is 6.42 Å². The molecule has 2 N–H and O–H groups in total. The largest absolute Gasteiger partial charge is 0.370 e. The van der Waals surface area contributed by atoms with Gasteiger partial charge in [-0.25, -0.2) is 9.97 Å². The molecule has 1 heterocycles. The summed E-state index contributed by atoms with van der Waals surface area (Å²) < 4.78 is 0. The van der Waals surface area contributed by atoms with Gasteiger partial charge in [-0.1, -0.05) is 20.3 Å². The highest BCUT2D eigenvalue weighted by Crippen LogP contribution is 2.27. The third-order valence-electron chi connectivity index (χ3n) is 3.83. The number of aryl methyl sites for hydroxylation is 1. The predicted octanol–water partition coefficient (Wildman–Crippen LogP) is 3.38. The Labute approximate surface area is 116 Å². The molecule has 1 aliphatic rings. The second kappa shape index (κ2) is 6.73. The van der Waals surface area contributed by atoms with Crippen LogP contribution in [0.3, 0.4) is 0 Å². The second-order valence-electron chi connectivity index (χ2n) is 5.42.